The second-order valence-electron chi connectivity index (χ2n) is 6.22. The van der Waals surface area contributed by atoms with Crippen LogP contribution >= 0.6 is 0 Å². The fraction of sp³-hybridized carbons (Fsp3) is 0.625. The molecule has 2 rings (SSSR count). The number of likely N-dealkylation sites (N-methyl/N-ethyl adjacent to an activating group) is 1. The monoisotopic (exact) mass is 280 g/mol. The van der Waals surface area contributed by atoms with Gasteiger partial charge in [0.05, 0.1) is 12.1 Å². The van der Waals surface area contributed by atoms with Crippen LogP contribution in [0, 0.1) is 11.7 Å². The van der Waals surface area contributed by atoms with Crippen LogP contribution in [0.4, 0.5) is 10.1 Å². The van der Waals surface area contributed by atoms with Crippen molar-refractivity contribution in [1.29, 1.82) is 0 Å². The molecule has 0 bridgehead atoms. The van der Waals surface area contributed by atoms with Gasteiger partial charge in [0.15, 0.2) is 0 Å². The fourth-order valence-electron chi connectivity index (χ4n) is 2.96. The van der Waals surface area contributed by atoms with E-state index in [0.29, 0.717) is 18.5 Å². The molecule has 4 heteroatoms. The number of rotatable bonds is 7. The summed E-state index contributed by atoms with van der Waals surface area (Å²) in [7, 11) is 1.95. The molecule has 1 saturated carbocycles. The number of benzene rings is 1. The van der Waals surface area contributed by atoms with E-state index in [0.717, 1.165) is 18.5 Å². The highest BCUT2D eigenvalue weighted by atomic mass is 19.1. The summed E-state index contributed by atoms with van der Waals surface area (Å²) in [6, 6.07) is 6.90. The summed E-state index contributed by atoms with van der Waals surface area (Å²) in [6.45, 7) is 4.97. The van der Waals surface area contributed by atoms with E-state index >= 15 is 0 Å². The normalized spacial score (nSPS) is 18.1. The zero-order chi connectivity index (χ0) is 14.8. The molecule has 0 aromatic heterocycles. The van der Waals surface area contributed by atoms with Gasteiger partial charge in [-0.25, -0.2) is 4.39 Å². The summed E-state index contributed by atoms with van der Waals surface area (Å²) < 4.78 is 13.3. The van der Waals surface area contributed by atoms with E-state index in [9.17, 15) is 9.50 Å². The molecular weight excluding hydrogens is 255 g/mol. The van der Waals surface area contributed by atoms with Gasteiger partial charge in [-0.05, 0) is 37.0 Å². The molecule has 0 amide bonds. The van der Waals surface area contributed by atoms with Crippen molar-refractivity contribution in [3.05, 3.63) is 30.1 Å². The Balaban J connectivity index is 2.14. The molecule has 1 aromatic carbocycles. The first kappa shape index (κ1) is 15.3. The van der Waals surface area contributed by atoms with Gasteiger partial charge < -0.3 is 15.3 Å². The van der Waals surface area contributed by atoms with Crippen molar-refractivity contribution in [3.8, 4) is 0 Å². The van der Waals surface area contributed by atoms with Gasteiger partial charge in [-0.3, -0.25) is 0 Å². The zero-order valence-electron chi connectivity index (χ0n) is 12.6. The maximum atomic E-state index is 13.3. The van der Waals surface area contributed by atoms with Crippen LogP contribution in [0.15, 0.2) is 24.3 Å². The Labute approximate surface area is 120 Å². The standard InChI is InChI=1S/C16H25FN2O/c1-12(2)18-16(11-20,13-7-8-13)10-19(3)15-6-4-5-14(17)9-15/h4-6,9,12-13,18,20H,7-8,10-11H2,1-3H3. The maximum Gasteiger partial charge on any atom is 0.125 e. The average Bonchev–Trinajstić information content (AvgIpc) is 3.21. The SMILES string of the molecule is CC(C)NC(CO)(CN(C)c1cccc(F)c1)C1CC1. The lowest BCUT2D eigenvalue weighted by atomic mass is 9.92. The van der Waals surface area contributed by atoms with Crippen molar-refractivity contribution in [2.24, 2.45) is 5.92 Å². The number of nitrogens with one attached hydrogen (secondary N) is 1. The average molecular weight is 280 g/mol. The van der Waals surface area contributed by atoms with E-state index in [-0.39, 0.29) is 18.0 Å². The molecule has 3 nitrogen and oxygen atoms in total. The van der Waals surface area contributed by atoms with Crippen LogP contribution in [0.5, 0.6) is 0 Å². The van der Waals surface area contributed by atoms with Crippen molar-refractivity contribution in [3.63, 3.8) is 0 Å². The van der Waals surface area contributed by atoms with Gasteiger partial charge in [0.25, 0.3) is 0 Å². The van der Waals surface area contributed by atoms with Crippen LogP contribution < -0.4 is 10.2 Å². The molecule has 1 atom stereocenters. The summed E-state index contributed by atoms with van der Waals surface area (Å²) in [6.07, 6.45) is 2.30. The quantitative estimate of drug-likeness (QED) is 0.805. The molecule has 0 aliphatic heterocycles. The van der Waals surface area contributed by atoms with Crippen LogP contribution in [0.1, 0.15) is 26.7 Å². The van der Waals surface area contributed by atoms with Crippen LogP contribution in [-0.4, -0.2) is 36.9 Å². The lowest BCUT2D eigenvalue weighted by Crippen LogP contribution is -2.59. The van der Waals surface area contributed by atoms with Gasteiger partial charge in [0.2, 0.25) is 0 Å². The lowest BCUT2D eigenvalue weighted by molar-refractivity contribution is 0.136. The van der Waals surface area contributed by atoms with E-state index in [4.69, 9.17) is 0 Å². The highest BCUT2D eigenvalue weighted by molar-refractivity contribution is 5.46. The number of halogens is 1. The van der Waals surface area contributed by atoms with E-state index in [1.54, 1.807) is 6.07 Å². The molecule has 0 saturated heterocycles. The molecule has 20 heavy (non-hydrogen) atoms. The van der Waals surface area contributed by atoms with Gasteiger partial charge in [-0.2, -0.15) is 0 Å². The molecule has 1 fully saturated rings. The fourth-order valence-corrected chi connectivity index (χ4v) is 2.96. The number of anilines is 1. The summed E-state index contributed by atoms with van der Waals surface area (Å²) in [5, 5.41) is 13.5. The molecule has 1 unspecified atom stereocenters. The van der Waals surface area contributed by atoms with Crippen LogP contribution in [-0.2, 0) is 0 Å². The zero-order valence-corrected chi connectivity index (χ0v) is 12.6. The predicted octanol–water partition coefficient (Wildman–Crippen LogP) is 2.40. The van der Waals surface area contributed by atoms with Gasteiger partial charge in [0, 0.05) is 25.3 Å². The van der Waals surface area contributed by atoms with Gasteiger partial charge >= 0.3 is 0 Å². The Morgan fingerprint density at radius 1 is 1.45 bits per heavy atom. The first-order valence-corrected chi connectivity index (χ1v) is 7.32. The van der Waals surface area contributed by atoms with Gasteiger partial charge in [-0.1, -0.05) is 19.9 Å². The van der Waals surface area contributed by atoms with Crippen molar-refractivity contribution in [1.82, 2.24) is 5.32 Å². The molecule has 112 valence electrons. The lowest BCUT2D eigenvalue weighted by Gasteiger charge is -2.39. The number of hydrogen-bond acceptors (Lipinski definition) is 3. The smallest absolute Gasteiger partial charge is 0.125 e. The van der Waals surface area contributed by atoms with Crippen LogP contribution in [0.2, 0.25) is 0 Å². The largest absolute Gasteiger partial charge is 0.394 e. The molecule has 1 aromatic rings. The number of aliphatic hydroxyl groups excluding tert-OH is 1. The second-order valence-corrected chi connectivity index (χ2v) is 6.22. The van der Waals surface area contributed by atoms with Crippen molar-refractivity contribution < 1.29 is 9.50 Å². The van der Waals surface area contributed by atoms with Gasteiger partial charge in [0.1, 0.15) is 5.82 Å². The number of aliphatic hydroxyl groups is 1. The highest BCUT2D eigenvalue weighted by Crippen LogP contribution is 2.40. The third-order valence-electron chi connectivity index (χ3n) is 3.99. The maximum absolute atomic E-state index is 13.3. The summed E-state index contributed by atoms with van der Waals surface area (Å²) in [4.78, 5) is 2.02. The van der Waals surface area contributed by atoms with E-state index in [2.05, 4.69) is 19.2 Å². The summed E-state index contributed by atoms with van der Waals surface area (Å²) in [5.74, 6) is 0.276. The molecule has 2 N–H and O–H groups in total. The first-order valence-electron chi connectivity index (χ1n) is 7.32. The van der Waals surface area contributed by atoms with Crippen molar-refractivity contribution >= 4 is 5.69 Å². The minimum Gasteiger partial charge on any atom is -0.394 e. The van der Waals surface area contributed by atoms with Crippen LogP contribution in [0.3, 0.4) is 0 Å². The molecule has 0 radical (unpaired) electrons. The molecule has 1 aliphatic carbocycles. The first-order chi connectivity index (χ1) is 9.47. The topological polar surface area (TPSA) is 35.5 Å². The Morgan fingerprint density at radius 2 is 2.15 bits per heavy atom. The van der Waals surface area contributed by atoms with E-state index in [1.807, 2.05) is 18.0 Å². The third-order valence-corrected chi connectivity index (χ3v) is 3.99. The Bertz CT molecular complexity index is 448. The third kappa shape index (κ3) is 3.49. The Hall–Kier alpha value is -1.13. The molecule has 0 spiro atoms. The predicted molar refractivity (Wildman–Crippen MR) is 80.5 cm³/mol. The second kappa shape index (κ2) is 6.10. The van der Waals surface area contributed by atoms with Gasteiger partial charge in [-0.15, -0.1) is 0 Å². The number of hydrogen-bond donors (Lipinski definition) is 2. The van der Waals surface area contributed by atoms with E-state index < -0.39 is 0 Å². The molecular formula is C16H25FN2O. The number of nitrogens with zero attached hydrogens (tertiary/aromatic N) is 1. The van der Waals surface area contributed by atoms with Crippen molar-refractivity contribution in [2.45, 2.75) is 38.3 Å². The Morgan fingerprint density at radius 3 is 2.65 bits per heavy atom. The minimum absolute atomic E-state index is 0.107. The summed E-state index contributed by atoms with van der Waals surface area (Å²) >= 11 is 0. The highest BCUT2D eigenvalue weighted by Gasteiger charge is 2.45. The molecule has 0 heterocycles. The van der Waals surface area contributed by atoms with E-state index in [1.165, 1.54) is 12.1 Å². The Kier molecular flexibility index (Phi) is 4.66. The van der Waals surface area contributed by atoms with Crippen LogP contribution in [0.25, 0.3) is 0 Å². The summed E-state index contributed by atoms with van der Waals surface area (Å²) in [5.41, 5.74) is 0.545. The molecule has 1 aliphatic rings. The minimum atomic E-state index is -0.296. The van der Waals surface area contributed by atoms with Crippen molar-refractivity contribution in [2.75, 3.05) is 25.1 Å².